The number of H-pyrrole nitrogens is 1. The number of piperidine rings is 1. The van der Waals surface area contributed by atoms with E-state index in [2.05, 4.69) is 46.5 Å². The minimum absolute atomic E-state index is 0.262. The summed E-state index contributed by atoms with van der Waals surface area (Å²) in [6, 6.07) is 0.360. The van der Waals surface area contributed by atoms with Gasteiger partial charge in [-0.25, -0.2) is 4.68 Å². The van der Waals surface area contributed by atoms with Crippen LogP contribution in [0.5, 0.6) is 0 Å². The Hall–Kier alpha value is -2.75. The average Bonchev–Trinajstić information content (AvgIpc) is 3.23. The highest BCUT2D eigenvalue weighted by Crippen LogP contribution is 2.29. The van der Waals surface area contributed by atoms with Crippen molar-refractivity contribution in [3.8, 4) is 0 Å². The number of aromatic amines is 1. The summed E-state index contributed by atoms with van der Waals surface area (Å²) < 4.78 is 2.00. The molecule has 10 heteroatoms. The van der Waals surface area contributed by atoms with E-state index in [1.165, 1.54) is 0 Å². The molecule has 1 saturated heterocycles. The molecular formula is C15H22N10. The number of aromatic nitrogens is 7. The Kier molecular flexibility index (Phi) is 3.96. The van der Waals surface area contributed by atoms with Crippen LogP contribution in [0.2, 0.25) is 0 Å². The third-order valence-corrected chi connectivity index (χ3v) is 4.48. The molecule has 3 N–H and O–H groups in total. The number of hydrogen-bond acceptors (Lipinski definition) is 8. The zero-order valence-electron chi connectivity index (χ0n) is 14.4. The molecule has 10 nitrogen and oxygen atoms in total. The molecule has 0 aromatic carbocycles. The molecule has 0 aliphatic carbocycles. The van der Waals surface area contributed by atoms with Gasteiger partial charge >= 0.3 is 0 Å². The largest absolute Gasteiger partial charge is 0.368 e. The number of nitrogen functional groups attached to an aromatic ring is 1. The van der Waals surface area contributed by atoms with Crippen LogP contribution >= 0.6 is 0 Å². The first-order chi connectivity index (χ1) is 12.1. The fourth-order valence-corrected chi connectivity index (χ4v) is 3.31. The number of rotatable bonds is 4. The molecule has 0 atom stereocenters. The van der Waals surface area contributed by atoms with Gasteiger partial charge in [-0.2, -0.15) is 15.1 Å². The highest BCUT2D eigenvalue weighted by atomic mass is 15.4. The number of nitrogens with zero attached hydrogens (tertiary/aromatic N) is 8. The Labute approximate surface area is 145 Å². The zero-order chi connectivity index (χ0) is 17.4. The van der Waals surface area contributed by atoms with Crippen LogP contribution in [0.25, 0.3) is 11.0 Å². The lowest BCUT2D eigenvalue weighted by Crippen LogP contribution is -2.35. The lowest BCUT2D eigenvalue weighted by atomic mass is 10.1. The van der Waals surface area contributed by atoms with E-state index in [-0.39, 0.29) is 5.95 Å². The number of anilines is 2. The second-order valence-electron chi connectivity index (χ2n) is 6.68. The second-order valence-corrected chi connectivity index (χ2v) is 6.68. The Morgan fingerprint density at radius 1 is 1.28 bits per heavy atom. The van der Waals surface area contributed by atoms with E-state index in [0.29, 0.717) is 11.7 Å². The first kappa shape index (κ1) is 15.8. The summed E-state index contributed by atoms with van der Waals surface area (Å²) in [5.74, 6) is 1.11. The molecule has 132 valence electrons. The summed E-state index contributed by atoms with van der Waals surface area (Å²) in [6.07, 6.45) is 5.76. The van der Waals surface area contributed by atoms with Crippen LogP contribution in [0.4, 0.5) is 11.8 Å². The molecule has 3 aromatic rings. The van der Waals surface area contributed by atoms with Crippen molar-refractivity contribution in [3.63, 3.8) is 0 Å². The minimum Gasteiger partial charge on any atom is -0.368 e. The molecule has 0 bridgehead atoms. The highest BCUT2D eigenvalue weighted by molar-refractivity contribution is 5.87. The fraction of sp³-hybridized carbons (Fsp3) is 0.533. The Balaban J connectivity index is 1.47. The van der Waals surface area contributed by atoms with Crippen LogP contribution in [0.1, 0.15) is 24.6 Å². The molecule has 4 heterocycles. The number of nitrogens with two attached hydrogens (primary N) is 1. The van der Waals surface area contributed by atoms with Gasteiger partial charge in [-0.3, -0.25) is 5.10 Å². The van der Waals surface area contributed by atoms with Crippen LogP contribution in [0.3, 0.4) is 0 Å². The summed E-state index contributed by atoms with van der Waals surface area (Å²) in [6.45, 7) is 2.56. The topological polar surface area (TPSA) is 118 Å². The van der Waals surface area contributed by atoms with Gasteiger partial charge in [-0.1, -0.05) is 5.21 Å². The Morgan fingerprint density at radius 2 is 2.08 bits per heavy atom. The van der Waals surface area contributed by atoms with E-state index in [4.69, 9.17) is 5.73 Å². The first-order valence-corrected chi connectivity index (χ1v) is 8.37. The Bertz CT molecular complexity index is 858. The van der Waals surface area contributed by atoms with Crippen molar-refractivity contribution in [1.29, 1.82) is 0 Å². The predicted octanol–water partition coefficient (Wildman–Crippen LogP) is 0.430. The lowest BCUT2D eigenvalue weighted by molar-refractivity contribution is 0.359. The van der Waals surface area contributed by atoms with Gasteiger partial charge in [0.05, 0.1) is 29.5 Å². The van der Waals surface area contributed by atoms with Crippen LogP contribution in [-0.2, 0) is 6.54 Å². The summed E-state index contributed by atoms with van der Waals surface area (Å²) in [4.78, 5) is 12.9. The van der Waals surface area contributed by atoms with E-state index in [0.717, 1.165) is 49.4 Å². The predicted molar refractivity (Wildman–Crippen MR) is 94.0 cm³/mol. The molecule has 0 saturated carbocycles. The molecule has 4 rings (SSSR count). The van der Waals surface area contributed by atoms with Crippen molar-refractivity contribution in [3.05, 3.63) is 18.1 Å². The maximum absolute atomic E-state index is 5.83. The van der Waals surface area contributed by atoms with Crippen molar-refractivity contribution in [2.24, 2.45) is 0 Å². The summed E-state index contributed by atoms with van der Waals surface area (Å²) in [5, 5.41) is 16.4. The molecular weight excluding hydrogens is 320 g/mol. The molecule has 3 aromatic heterocycles. The molecule has 0 unspecified atom stereocenters. The number of nitrogens with one attached hydrogen (secondary N) is 1. The van der Waals surface area contributed by atoms with Crippen molar-refractivity contribution >= 4 is 22.8 Å². The van der Waals surface area contributed by atoms with E-state index >= 15 is 0 Å². The normalized spacial score (nSPS) is 16.2. The summed E-state index contributed by atoms with van der Waals surface area (Å²) >= 11 is 0. The third kappa shape index (κ3) is 3.12. The van der Waals surface area contributed by atoms with Crippen molar-refractivity contribution in [2.45, 2.75) is 25.4 Å². The molecule has 0 radical (unpaired) electrons. The maximum atomic E-state index is 5.83. The Morgan fingerprint density at radius 3 is 2.84 bits per heavy atom. The molecule has 0 spiro atoms. The zero-order valence-corrected chi connectivity index (χ0v) is 14.4. The van der Waals surface area contributed by atoms with Crippen molar-refractivity contribution < 1.29 is 0 Å². The number of fused-ring (bicyclic) bond motifs is 1. The van der Waals surface area contributed by atoms with Crippen LogP contribution < -0.4 is 10.6 Å². The van der Waals surface area contributed by atoms with Crippen LogP contribution in [0, 0.1) is 0 Å². The van der Waals surface area contributed by atoms with E-state index < -0.39 is 0 Å². The van der Waals surface area contributed by atoms with Crippen molar-refractivity contribution in [2.75, 3.05) is 37.8 Å². The molecule has 1 aliphatic heterocycles. The van der Waals surface area contributed by atoms with Crippen LogP contribution in [-0.4, -0.2) is 67.2 Å². The van der Waals surface area contributed by atoms with Gasteiger partial charge in [0.25, 0.3) is 0 Å². The van der Waals surface area contributed by atoms with E-state index in [9.17, 15) is 0 Å². The van der Waals surface area contributed by atoms with Gasteiger partial charge in [-0.05, 0) is 26.9 Å². The monoisotopic (exact) mass is 342 g/mol. The summed E-state index contributed by atoms with van der Waals surface area (Å²) in [5.41, 5.74) is 7.50. The molecule has 1 aliphatic rings. The van der Waals surface area contributed by atoms with Gasteiger partial charge in [-0.15, -0.1) is 5.10 Å². The van der Waals surface area contributed by atoms with Crippen LogP contribution in [0.15, 0.2) is 12.4 Å². The smallest absolute Gasteiger partial charge is 0.224 e. The minimum atomic E-state index is 0.262. The maximum Gasteiger partial charge on any atom is 0.224 e. The second kappa shape index (κ2) is 6.28. The quantitative estimate of drug-likeness (QED) is 0.701. The highest BCUT2D eigenvalue weighted by Gasteiger charge is 2.24. The van der Waals surface area contributed by atoms with E-state index in [1.54, 1.807) is 6.20 Å². The molecule has 0 amide bonds. The van der Waals surface area contributed by atoms with Gasteiger partial charge in [0, 0.05) is 19.6 Å². The van der Waals surface area contributed by atoms with E-state index in [1.807, 2.05) is 18.8 Å². The van der Waals surface area contributed by atoms with Gasteiger partial charge < -0.3 is 15.5 Å². The third-order valence-electron chi connectivity index (χ3n) is 4.48. The van der Waals surface area contributed by atoms with Gasteiger partial charge in [0.2, 0.25) is 5.95 Å². The fourth-order valence-electron chi connectivity index (χ4n) is 3.31. The number of hydrogen-bond donors (Lipinski definition) is 2. The standard InChI is InChI=1S/C15H22N10/c1-23(2)8-10-9-25(22-20-10)11-3-5-24(6-4-11)14-12-7-17-21-13(12)18-15(16)19-14/h7,9,11H,3-6,8H2,1-2H3,(H3,16,17,18,19,21). The summed E-state index contributed by atoms with van der Waals surface area (Å²) in [7, 11) is 4.06. The molecule has 1 fully saturated rings. The first-order valence-electron chi connectivity index (χ1n) is 8.37. The average molecular weight is 342 g/mol. The molecule has 25 heavy (non-hydrogen) atoms. The van der Waals surface area contributed by atoms with Gasteiger partial charge in [0.1, 0.15) is 5.82 Å². The SMILES string of the molecule is CN(C)Cc1cn(C2CCN(c3nc(N)nc4[nH]ncc34)CC2)nn1. The lowest BCUT2D eigenvalue weighted by Gasteiger charge is -2.32. The van der Waals surface area contributed by atoms with Gasteiger partial charge in [0.15, 0.2) is 5.65 Å². The van der Waals surface area contributed by atoms with Crippen molar-refractivity contribution in [1.82, 2.24) is 40.1 Å².